The van der Waals surface area contributed by atoms with Crippen molar-refractivity contribution < 1.29 is 0 Å². The molecule has 4 heteroatoms. The molecule has 2 fully saturated rings. The third-order valence-corrected chi connectivity index (χ3v) is 4.47. The van der Waals surface area contributed by atoms with Gasteiger partial charge < -0.3 is 11.1 Å². The Kier molecular flexibility index (Phi) is 3.59. The van der Waals surface area contributed by atoms with Crippen LogP contribution in [-0.4, -0.2) is 30.1 Å². The van der Waals surface area contributed by atoms with Gasteiger partial charge in [-0.2, -0.15) is 0 Å². The largest absolute Gasteiger partial charge is 0.398 e. The highest BCUT2D eigenvalue weighted by atomic mass is 79.9. The van der Waals surface area contributed by atoms with E-state index in [0.717, 1.165) is 22.7 Å². The van der Waals surface area contributed by atoms with Gasteiger partial charge in [0.2, 0.25) is 0 Å². The van der Waals surface area contributed by atoms with Gasteiger partial charge >= 0.3 is 0 Å². The Morgan fingerprint density at radius 3 is 2.89 bits per heavy atom. The molecular formula is C14H20BrN3. The van der Waals surface area contributed by atoms with E-state index in [4.69, 9.17) is 5.73 Å². The first-order valence-electron chi connectivity index (χ1n) is 6.74. The van der Waals surface area contributed by atoms with Gasteiger partial charge in [0.15, 0.2) is 0 Å². The Labute approximate surface area is 117 Å². The molecule has 18 heavy (non-hydrogen) atoms. The molecular weight excluding hydrogens is 290 g/mol. The summed E-state index contributed by atoms with van der Waals surface area (Å²) in [7, 11) is 0. The quantitative estimate of drug-likeness (QED) is 0.839. The van der Waals surface area contributed by atoms with Crippen LogP contribution in [0, 0.1) is 0 Å². The van der Waals surface area contributed by atoms with Crippen LogP contribution in [0.2, 0.25) is 0 Å². The fourth-order valence-corrected chi connectivity index (χ4v) is 3.09. The summed E-state index contributed by atoms with van der Waals surface area (Å²) < 4.78 is 1.05. The minimum Gasteiger partial charge on any atom is -0.398 e. The number of rotatable bonds is 4. The van der Waals surface area contributed by atoms with Crippen molar-refractivity contribution in [3.63, 3.8) is 0 Å². The Morgan fingerprint density at radius 2 is 2.17 bits per heavy atom. The van der Waals surface area contributed by atoms with Gasteiger partial charge in [0, 0.05) is 41.9 Å². The van der Waals surface area contributed by atoms with Crippen LogP contribution >= 0.6 is 15.9 Å². The maximum atomic E-state index is 6.01. The van der Waals surface area contributed by atoms with Gasteiger partial charge in [0.05, 0.1) is 0 Å². The normalized spacial score (nSPS) is 24.6. The number of anilines is 1. The van der Waals surface area contributed by atoms with E-state index in [1.54, 1.807) is 0 Å². The standard InChI is InChI=1S/C14H20BrN3/c15-11-2-1-10(14(16)7-11)8-17-12-5-6-18(9-12)13-3-4-13/h1-2,7,12-13,17H,3-6,8-9,16H2. The zero-order valence-electron chi connectivity index (χ0n) is 10.5. The molecule has 1 atom stereocenters. The number of benzene rings is 1. The van der Waals surface area contributed by atoms with Crippen molar-refractivity contribution in [2.75, 3.05) is 18.8 Å². The minimum atomic E-state index is 0.633. The molecule has 3 rings (SSSR count). The number of nitrogens with two attached hydrogens (primary N) is 1. The molecule has 1 aromatic rings. The number of halogens is 1. The van der Waals surface area contributed by atoms with E-state index >= 15 is 0 Å². The fourth-order valence-electron chi connectivity index (χ4n) is 2.71. The molecule has 3 N–H and O–H groups in total. The molecule has 3 nitrogen and oxygen atoms in total. The first-order chi connectivity index (χ1) is 8.72. The Bertz CT molecular complexity index is 431. The highest BCUT2D eigenvalue weighted by Crippen LogP contribution is 2.30. The molecule has 1 unspecified atom stereocenters. The average Bonchev–Trinajstić information content (AvgIpc) is 3.08. The second-order valence-electron chi connectivity index (χ2n) is 5.44. The van der Waals surface area contributed by atoms with Crippen LogP contribution in [0.15, 0.2) is 22.7 Å². The first kappa shape index (κ1) is 12.5. The minimum absolute atomic E-state index is 0.633. The zero-order valence-corrected chi connectivity index (χ0v) is 12.1. The summed E-state index contributed by atoms with van der Waals surface area (Å²) in [5.41, 5.74) is 8.08. The third kappa shape index (κ3) is 2.87. The summed E-state index contributed by atoms with van der Waals surface area (Å²) in [6.45, 7) is 3.35. The average molecular weight is 310 g/mol. The van der Waals surface area contributed by atoms with E-state index in [1.807, 2.05) is 6.07 Å². The lowest BCUT2D eigenvalue weighted by molar-refractivity contribution is 0.317. The number of hydrogen-bond donors (Lipinski definition) is 2. The van der Waals surface area contributed by atoms with Gasteiger partial charge in [-0.1, -0.05) is 22.0 Å². The number of likely N-dealkylation sites (tertiary alicyclic amines) is 1. The third-order valence-electron chi connectivity index (χ3n) is 3.97. The Balaban J connectivity index is 1.51. The van der Waals surface area contributed by atoms with Crippen LogP contribution in [0.25, 0.3) is 0 Å². The fraction of sp³-hybridized carbons (Fsp3) is 0.571. The molecule has 0 spiro atoms. The molecule has 1 aromatic carbocycles. The van der Waals surface area contributed by atoms with E-state index in [2.05, 4.69) is 38.3 Å². The summed E-state index contributed by atoms with van der Waals surface area (Å²) in [6.07, 6.45) is 4.09. The molecule has 1 aliphatic heterocycles. The predicted molar refractivity (Wildman–Crippen MR) is 78.4 cm³/mol. The first-order valence-corrected chi connectivity index (χ1v) is 7.53. The van der Waals surface area contributed by atoms with Crippen molar-refractivity contribution in [1.82, 2.24) is 10.2 Å². The molecule has 0 radical (unpaired) electrons. The van der Waals surface area contributed by atoms with Crippen LogP contribution in [-0.2, 0) is 6.54 Å². The summed E-state index contributed by atoms with van der Waals surface area (Å²) in [5, 5.41) is 3.63. The maximum absolute atomic E-state index is 6.01. The molecule has 0 bridgehead atoms. The SMILES string of the molecule is Nc1cc(Br)ccc1CNC1CCN(C2CC2)C1. The smallest absolute Gasteiger partial charge is 0.0370 e. The van der Waals surface area contributed by atoms with Gasteiger partial charge in [0.1, 0.15) is 0 Å². The Morgan fingerprint density at radius 1 is 1.33 bits per heavy atom. The highest BCUT2D eigenvalue weighted by Gasteiger charge is 2.33. The summed E-state index contributed by atoms with van der Waals surface area (Å²) in [5.74, 6) is 0. The van der Waals surface area contributed by atoms with Crippen LogP contribution in [0.4, 0.5) is 5.69 Å². The summed E-state index contributed by atoms with van der Waals surface area (Å²) in [4.78, 5) is 2.63. The van der Waals surface area contributed by atoms with Gasteiger partial charge in [-0.05, 0) is 37.0 Å². The van der Waals surface area contributed by atoms with E-state index in [1.165, 1.54) is 37.9 Å². The lowest BCUT2D eigenvalue weighted by Gasteiger charge is -2.16. The zero-order chi connectivity index (χ0) is 12.5. The van der Waals surface area contributed by atoms with Crippen LogP contribution < -0.4 is 11.1 Å². The van der Waals surface area contributed by atoms with Gasteiger partial charge in [-0.25, -0.2) is 0 Å². The topological polar surface area (TPSA) is 41.3 Å². The molecule has 2 aliphatic rings. The van der Waals surface area contributed by atoms with E-state index < -0.39 is 0 Å². The molecule has 0 amide bonds. The van der Waals surface area contributed by atoms with Gasteiger partial charge in [-0.15, -0.1) is 0 Å². The molecule has 0 aromatic heterocycles. The molecule has 1 heterocycles. The van der Waals surface area contributed by atoms with Crippen molar-refractivity contribution >= 4 is 21.6 Å². The van der Waals surface area contributed by atoms with Crippen LogP contribution in [0.5, 0.6) is 0 Å². The number of nitrogens with zero attached hydrogens (tertiary/aromatic N) is 1. The lowest BCUT2D eigenvalue weighted by atomic mass is 10.1. The highest BCUT2D eigenvalue weighted by molar-refractivity contribution is 9.10. The van der Waals surface area contributed by atoms with Crippen molar-refractivity contribution in [2.24, 2.45) is 0 Å². The van der Waals surface area contributed by atoms with E-state index in [0.29, 0.717) is 6.04 Å². The Hall–Kier alpha value is -0.580. The molecule has 1 saturated carbocycles. The summed E-state index contributed by atoms with van der Waals surface area (Å²) >= 11 is 3.44. The van der Waals surface area contributed by atoms with Crippen molar-refractivity contribution in [3.05, 3.63) is 28.2 Å². The summed E-state index contributed by atoms with van der Waals surface area (Å²) in [6, 6.07) is 7.66. The molecule has 98 valence electrons. The van der Waals surface area contributed by atoms with Crippen LogP contribution in [0.3, 0.4) is 0 Å². The van der Waals surface area contributed by atoms with E-state index in [9.17, 15) is 0 Å². The maximum Gasteiger partial charge on any atom is 0.0370 e. The monoisotopic (exact) mass is 309 g/mol. The van der Waals surface area contributed by atoms with Gasteiger partial charge in [0.25, 0.3) is 0 Å². The van der Waals surface area contributed by atoms with Crippen LogP contribution in [0.1, 0.15) is 24.8 Å². The second-order valence-corrected chi connectivity index (χ2v) is 6.35. The van der Waals surface area contributed by atoms with Crippen molar-refractivity contribution in [3.8, 4) is 0 Å². The van der Waals surface area contributed by atoms with Gasteiger partial charge in [-0.3, -0.25) is 4.90 Å². The number of hydrogen-bond acceptors (Lipinski definition) is 3. The predicted octanol–water partition coefficient (Wildman–Crippen LogP) is 2.36. The molecule has 1 aliphatic carbocycles. The lowest BCUT2D eigenvalue weighted by Crippen LogP contribution is -2.33. The van der Waals surface area contributed by atoms with Crippen molar-refractivity contribution in [2.45, 2.75) is 37.9 Å². The van der Waals surface area contributed by atoms with E-state index in [-0.39, 0.29) is 0 Å². The molecule has 1 saturated heterocycles. The number of nitrogens with one attached hydrogen (secondary N) is 1. The van der Waals surface area contributed by atoms with Crippen molar-refractivity contribution in [1.29, 1.82) is 0 Å². The number of nitrogen functional groups attached to an aromatic ring is 1. The second kappa shape index (κ2) is 5.19.